The molecule has 0 saturated carbocycles. The maximum absolute atomic E-state index is 13.1. The molecule has 0 aliphatic rings. The molecule has 0 fully saturated rings. The molecule has 4 heteroatoms. The van der Waals surface area contributed by atoms with Gasteiger partial charge in [0.2, 0.25) is 0 Å². The van der Waals surface area contributed by atoms with Crippen molar-refractivity contribution in [2.24, 2.45) is 0 Å². The van der Waals surface area contributed by atoms with Gasteiger partial charge < -0.3 is 5.32 Å². The van der Waals surface area contributed by atoms with Gasteiger partial charge in [-0.3, -0.25) is 4.79 Å². The maximum atomic E-state index is 13.1. The minimum atomic E-state index is -0.229. The average Bonchev–Trinajstić information content (AvgIpc) is 2.40. The van der Waals surface area contributed by atoms with Crippen LogP contribution in [0.2, 0.25) is 0 Å². The number of carbonyl (C=O) groups is 1. The van der Waals surface area contributed by atoms with Crippen LogP contribution in [0.5, 0.6) is 0 Å². The number of nitrogens with one attached hydrogen (secondary N) is 1. The predicted octanol–water partition coefficient (Wildman–Crippen LogP) is 3.67. The summed E-state index contributed by atoms with van der Waals surface area (Å²) in [6, 6.07) is 12.2. The van der Waals surface area contributed by atoms with Gasteiger partial charge in [-0.05, 0) is 71.0 Å². The molecule has 2 nitrogen and oxygen atoms in total. The van der Waals surface area contributed by atoms with Gasteiger partial charge in [-0.25, -0.2) is 4.39 Å². The molecule has 0 atom stereocenters. The minimum Gasteiger partial charge on any atom is -0.348 e. The second-order valence-corrected chi connectivity index (χ2v) is 5.52. The molecule has 0 aliphatic carbocycles. The van der Waals surface area contributed by atoms with Gasteiger partial charge in [0.05, 0.1) is 0 Å². The lowest BCUT2D eigenvalue weighted by atomic mass is 10.1. The van der Waals surface area contributed by atoms with Crippen molar-refractivity contribution in [1.82, 2.24) is 5.32 Å². The van der Waals surface area contributed by atoms with Gasteiger partial charge in [-0.15, -0.1) is 0 Å². The fourth-order valence-electron chi connectivity index (χ4n) is 1.70. The van der Waals surface area contributed by atoms with Gasteiger partial charge in [0, 0.05) is 15.7 Å². The van der Waals surface area contributed by atoms with Crippen LogP contribution in [0.15, 0.2) is 42.5 Å². The number of benzene rings is 2. The van der Waals surface area contributed by atoms with Crippen LogP contribution in [-0.4, -0.2) is 5.91 Å². The fourth-order valence-corrected chi connectivity index (χ4v) is 2.06. The molecule has 0 aromatic heterocycles. The van der Waals surface area contributed by atoms with Gasteiger partial charge in [0.25, 0.3) is 5.91 Å². The molecule has 0 aliphatic heterocycles. The third-order valence-corrected chi connectivity index (χ3v) is 3.50. The summed E-state index contributed by atoms with van der Waals surface area (Å²) in [7, 11) is 0. The molecule has 0 bridgehead atoms. The van der Waals surface area contributed by atoms with Crippen molar-refractivity contribution >= 4 is 28.5 Å². The van der Waals surface area contributed by atoms with Crippen LogP contribution in [0.25, 0.3) is 0 Å². The highest BCUT2D eigenvalue weighted by Gasteiger charge is 2.05. The Kier molecular flexibility index (Phi) is 4.52. The van der Waals surface area contributed by atoms with E-state index < -0.39 is 0 Å². The van der Waals surface area contributed by atoms with Crippen LogP contribution in [0, 0.1) is 16.3 Å². The number of amides is 1. The van der Waals surface area contributed by atoms with E-state index in [-0.39, 0.29) is 11.7 Å². The van der Waals surface area contributed by atoms with Crippen molar-refractivity contribution in [3.8, 4) is 0 Å². The van der Waals surface area contributed by atoms with E-state index in [1.54, 1.807) is 31.2 Å². The molecule has 0 radical (unpaired) electrons. The Morgan fingerprint density at radius 3 is 2.53 bits per heavy atom. The van der Waals surface area contributed by atoms with Gasteiger partial charge in [-0.2, -0.15) is 0 Å². The molecule has 2 rings (SSSR count). The van der Waals surface area contributed by atoms with E-state index in [9.17, 15) is 9.18 Å². The second kappa shape index (κ2) is 6.14. The van der Waals surface area contributed by atoms with Crippen LogP contribution < -0.4 is 5.32 Å². The lowest BCUT2D eigenvalue weighted by molar-refractivity contribution is 0.0951. The van der Waals surface area contributed by atoms with Crippen molar-refractivity contribution in [3.63, 3.8) is 0 Å². The zero-order valence-corrected chi connectivity index (χ0v) is 12.6. The number of halogens is 2. The molecular formula is C15H13FINO. The highest BCUT2D eigenvalue weighted by Crippen LogP contribution is 2.10. The number of aryl methyl sites for hydroxylation is 1. The predicted molar refractivity (Wildman–Crippen MR) is 81.5 cm³/mol. The van der Waals surface area contributed by atoms with Gasteiger partial charge in [0.15, 0.2) is 0 Å². The quantitative estimate of drug-likeness (QED) is 0.822. The number of carbonyl (C=O) groups excluding carboxylic acids is 1. The summed E-state index contributed by atoms with van der Waals surface area (Å²) in [6.45, 7) is 2.10. The fraction of sp³-hybridized carbons (Fsp3) is 0.133. The summed E-state index contributed by atoms with van der Waals surface area (Å²) < 4.78 is 14.2. The average molecular weight is 369 g/mol. The Morgan fingerprint density at radius 2 is 1.89 bits per heavy atom. The molecule has 0 spiro atoms. The molecule has 1 amide bonds. The Labute approximate surface area is 125 Å². The summed E-state index contributed by atoms with van der Waals surface area (Å²) in [6.07, 6.45) is 0. The van der Waals surface area contributed by atoms with E-state index in [4.69, 9.17) is 0 Å². The molecule has 1 N–H and O–H groups in total. The first kappa shape index (κ1) is 14.0. The largest absolute Gasteiger partial charge is 0.348 e. The zero-order chi connectivity index (χ0) is 13.8. The molecule has 0 saturated heterocycles. The normalized spacial score (nSPS) is 10.3. The first-order valence-electron chi connectivity index (χ1n) is 5.85. The number of rotatable bonds is 3. The van der Waals surface area contributed by atoms with E-state index in [0.29, 0.717) is 17.7 Å². The van der Waals surface area contributed by atoms with Crippen LogP contribution in [-0.2, 0) is 6.54 Å². The lowest BCUT2D eigenvalue weighted by Gasteiger charge is -2.07. The van der Waals surface area contributed by atoms with Crippen LogP contribution in [0.4, 0.5) is 4.39 Å². The van der Waals surface area contributed by atoms with Crippen molar-refractivity contribution in [3.05, 3.63) is 68.5 Å². The van der Waals surface area contributed by atoms with Crippen LogP contribution >= 0.6 is 22.6 Å². The van der Waals surface area contributed by atoms with Gasteiger partial charge in [0.1, 0.15) is 5.82 Å². The maximum Gasteiger partial charge on any atom is 0.251 e. The van der Waals surface area contributed by atoms with Gasteiger partial charge in [-0.1, -0.05) is 12.1 Å². The minimum absolute atomic E-state index is 0.127. The molecule has 0 unspecified atom stereocenters. The summed E-state index contributed by atoms with van der Waals surface area (Å²) >= 11 is 2.19. The Bertz CT molecular complexity index is 596. The zero-order valence-electron chi connectivity index (χ0n) is 10.4. The number of hydrogen-bond donors (Lipinski definition) is 1. The van der Waals surface area contributed by atoms with E-state index in [2.05, 4.69) is 27.9 Å². The molecule has 2 aromatic carbocycles. The van der Waals surface area contributed by atoms with E-state index in [1.165, 1.54) is 6.07 Å². The summed E-state index contributed by atoms with van der Waals surface area (Å²) in [5.41, 5.74) is 2.10. The monoisotopic (exact) mass is 369 g/mol. The third kappa shape index (κ3) is 3.76. The molecule has 98 valence electrons. The van der Waals surface area contributed by atoms with Crippen molar-refractivity contribution in [2.45, 2.75) is 13.5 Å². The molecule has 2 aromatic rings. The highest BCUT2D eigenvalue weighted by atomic mass is 127. The Hall–Kier alpha value is -1.43. The topological polar surface area (TPSA) is 29.1 Å². The summed E-state index contributed by atoms with van der Waals surface area (Å²) in [4.78, 5) is 11.9. The van der Waals surface area contributed by atoms with E-state index in [0.717, 1.165) is 9.13 Å². The third-order valence-electron chi connectivity index (χ3n) is 2.78. The second-order valence-electron chi connectivity index (χ2n) is 4.27. The number of hydrogen-bond acceptors (Lipinski definition) is 1. The van der Waals surface area contributed by atoms with Gasteiger partial charge >= 0.3 is 0 Å². The van der Waals surface area contributed by atoms with Crippen LogP contribution in [0.3, 0.4) is 0 Å². The van der Waals surface area contributed by atoms with E-state index in [1.807, 2.05) is 12.1 Å². The summed E-state index contributed by atoms with van der Waals surface area (Å²) in [5.74, 6) is -0.355. The smallest absolute Gasteiger partial charge is 0.251 e. The van der Waals surface area contributed by atoms with Crippen LogP contribution in [0.1, 0.15) is 21.5 Å². The molecular weight excluding hydrogens is 356 g/mol. The SMILES string of the molecule is Cc1cc(CNC(=O)c2ccc(I)cc2)ccc1F. The lowest BCUT2D eigenvalue weighted by Crippen LogP contribution is -2.22. The Morgan fingerprint density at radius 1 is 1.21 bits per heavy atom. The molecule has 0 heterocycles. The van der Waals surface area contributed by atoms with Crippen molar-refractivity contribution in [1.29, 1.82) is 0 Å². The Balaban J connectivity index is 2.00. The molecule has 19 heavy (non-hydrogen) atoms. The van der Waals surface area contributed by atoms with Crippen molar-refractivity contribution < 1.29 is 9.18 Å². The highest BCUT2D eigenvalue weighted by molar-refractivity contribution is 14.1. The standard InChI is InChI=1S/C15H13FINO/c1-10-8-11(2-7-14(10)16)9-18-15(19)12-3-5-13(17)6-4-12/h2-8H,9H2,1H3,(H,18,19). The first-order chi connectivity index (χ1) is 9.06. The first-order valence-corrected chi connectivity index (χ1v) is 6.93. The summed E-state index contributed by atoms with van der Waals surface area (Å²) in [5, 5.41) is 2.82. The van der Waals surface area contributed by atoms with Crippen molar-refractivity contribution in [2.75, 3.05) is 0 Å². The van der Waals surface area contributed by atoms with E-state index >= 15 is 0 Å².